The summed E-state index contributed by atoms with van der Waals surface area (Å²) in [5.74, 6) is -0.307. The maximum atomic E-state index is 12.7. The van der Waals surface area contributed by atoms with Gasteiger partial charge in [-0.05, 0) is 25.2 Å². The van der Waals surface area contributed by atoms with Crippen molar-refractivity contribution in [2.24, 2.45) is 0 Å². The fourth-order valence-corrected chi connectivity index (χ4v) is 3.28. The molecule has 1 unspecified atom stereocenters. The molecule has 1 aromatic carbocycles. The highest BCUT2D eigenvalue weighted by Gasteiger charge is 2.36. The van der Waals surface area contributed by atoms with Crippen LogP contribution in [0, 0.1) is 0 Å². The molecule has 1 N–H and O–H groups in total. The SMILES string of the molecule is CN1CCN(C(=O)O)C(C(=O)c2cc3cc(Cl)cc(Cl)c3o2)C1. The van der Waals surface area contributed by atoms with Gasteiger partial charge >= 0.3 is 6.09 Å². The summed E-state index contributed by atoms with van der Waals surface area (Å²) in [7, 11) is 1.84. The normalized spacial score (nSPS) is 19.3. The molecule has 122 valence electrons. The molecule has 1 amide bonds. The van der Waals surface area contributed by atoms with Gasteiger partial charge in [0.2, 0.25) is 5.78 Å². The number of hydrogen-bond donors (Lipinski definition) is 1. The lowest BCUT2D eigenvalue weighted by atomic mass is 10.1. The average molecular weight is 357 g/mol. The molecule has 1 aliphatic rings. The lowest BCUT2D eigenvalue weighted by Gasteiger charge is -2.36. The number of furan rings is 1. The molecule has 8 heteroatoms. The standard InChI is InChI=1S/C15H14Cl2N2O4/c1-18-2-3-19(15(21)22)11(7-18)13(20)12-5-8-4-9(16)6-10(17)14(8)23-12/h4-6,11H,2-3,7H2,1H3,(H,21,22). The number of ketones is 1. The number of hydrogen-bond acceptors (Lipinski definition) is 4. The topological polar surface area (TPSA) is 74.0 Å². The van der Waals surface area contributed by atoms with E-state index in [-0.39, 0.29) is 18.1 Å². The molecule has 3 rings (SSSR count). The number of carboxylic acid groups (broad SMARTS) is 1. The molecule has 0 bridgehead atoms. The van der Waals surface area contributed by atoms with E-state index in [1.54, 1.807) is 12.1 Å². The first-order chi connectivity index (χ1) is 10.9. The number of amides is 1. The summed E-state index contributed by atoms with van der Waals surface area (Å²) in [6.45, 7) is 1.17. The fraction of sp³-hybridized carbons (Fsp3) is 0.333. The van der Waals surface area contributed by atoms with Crippen molar-refractivity contribution in [1.29, 1.82) is 0 Å². The first-order valence-corrected chi connectivity index (χ1v) is 7.73. The second kappa shape index (κ2) is 6.03. The predicted octanol–water partition coefficient (Wildman–Crippen LogP) is 3.22. The van der Waals surface area contributed by atoms with Crippen molar-refractivity contribution in [1.82, 2.24) is 9.80 Å². The van der Waals surface area contributed by atoms with E-state index in [0.29, 0.717) is 34.1 Å². The van der Waals surface area contributed by atoms with Gasteiger partial charge in [-0.1, -0.05) is 23.2 Å². The van der Waals surface area contributed by atoms with Gasteiger partial charge < -0.3 is 14.4 Å². The fourth-order valence-electron chi connectivity index (χ4n) is 2.73. The summed E-state index contributed by atoms with van der Waals surface area (Å²) >= 11 is 12.0. The van der Waals surface area contributed by atoms with E-state index in [1.165, 1.54) is 6.07 Å². The molecule has 1 saturated heterocycles. The van der Waals surface area contributed by atoms with Crippen LogP contribution in [0.3, 0.4) is 0 Å². The Morgan fingerprint density at radius 1 is 1.26 bits per heavy atom. The van der Waals surface area contributed by atoms with Gasteiger partial charge in [-0.15, -0.1) is 0 Å². The Bertz CT molecular complexity index is 789. The minimum atomic E-state index is -1.12. The van der Waals surface area contributed by atoms with Crippen LogP contribution in [0.25, 0.3) is 11.0 Å². The highest BCUT2D eigenvalue weighted by Crippen LogP contribution is 2.31. The first kappa shape index (κ1) is 16.1. The molecule has 1 aliphatic heterocycles. The van der Waals surface area contributed by atoms with Gasteiger partial charge in [0.1, 0.15) is 6.04 Å². The number of Topliss-reactive ketones (excluding diaryl/α,β-unsaturated/α-hetero) is 1. The number of halogens is 2. The van der Waals surface area contributed by atoms with Crippen LogP contribution in [-0.4, -0.2) is 59.5 Å². The van der Waals surface area contributed by atoms with Gasteiger partial charge in [-0.3, -0.25) is 9.69 Å². The Balaban J connectivity index is 1.98. The van der Waals surface area contributed by atoms with Crippen LogP contribution in [0.15, 0.2) is 22.6 Å². The van der Waals surface area contributed by atoms with Crippen LogP contribution < -0.4 is 0 Å². The molecule has 6 nitrogen and oxygen atoms in total. The number of piperazine rings is 1. The number of likely N-dealkylation sites (N-methyl/N-ethyl adjacent to an activating group) is 1. The Morgan fingerprint density at radius 2 is 2.00 bits per heavy atom. The Morgan fingerprint density at radius 3 is 2.70 bits per heavy atom. The molecule has 0 spiro atoms. The number of rotatable bonds is 2. The molecule has 1 aromatic heterocycles. The van der Waals surface area contributed by atoms with E-state index >= 15 is 0 Å². The highest BCUT2D eigenvalue weighted by molar-refractivity contribution is 6.38. The van der Waals surface area contributed by atoms with E-state index in [1.807, 2.05) is 11.9 Å². The van der Waals surface area contributed by atoms with Crippen molar-refractivity contribution in [3.63, 3.8) is 0 Å². The monoisotopic (exact) mass is 356 g/mol. The van der Waals surface area contributed by atoms with Crippen LogP contribution in [-0.2, 0) is 0 Å². The van der Waals surface area contributed by atoms with Crippen LogP contribution in [0.5, 0.6) is 0 Å². The maximum absolute atomic E-state index is 12.7. The zero-order chi connectivity index (χ0) is 16.7. The molecule has 0 radical (unpaired) electrons. The van der Waals surface area contributed by atoms with Crippen molar-refractivity contribution in [2.45, 2.75) is 6.04 Å². The van der Waals surface area contributed by atoms with Gasteiger partial charge in [0.15, 0.2) is 11.3 Å². The minimum absolute atomic E-state index is 0.0794. The summed E-state index contributed by atoms with van der Waals surface area (Å²) < 4.78 is 5.55. The molecule has 0 aliphatic carbocycles. The van der Waals surface area contributed by atoms with Crippen LogP contribution >= 0.6 is 23.2 Å². The van der Waals surface area contributed by atoms with E-state index < -0.39 is 12.1 Å². The van der Waals surface area contributed by atoms with E-state index in [2.05, 4.69) is 0 Å². The predicted molar refractivity (Wildman–Crippen MR) is 86.6 cm³/mol. The van der Waals surface area contributed by atoms with Gasteiger partial charge in [-0.25, -0.2) is 4.79 Å². The lowest BCUT2D eigenvalue weighted by Crippen LogP contribution is -2.56. The molecule has 0 saturated carbocycles. The highest BCUT2D eigenvalue weighted by atomic mass is 35.5. The zero-order valence-corrected chi connectivity index (χ0v) is 13.8. The van der Waals surface area contributed by atoms with E-state index in [9.17, 15) is 14.7 Å². The van der Waals surface area contributed by atoms with Crippen molar-refractivity contribution in [2.75, 3.05) is 26.7 Å². The van der Waals surface area contributed by atoms with E-state index in [0.717, 1.165) is 4.90 Å². The maximum Gasteiger partial charge on any atom is 0.408 e. The van der Waals surface area contributed by atoms with Gasteiger partial charge in [0.05, 0.1) is 5.02 Å². The number of benzene rings is 1. The second-order valence-electron chi connectivity index (χ2n) is 5.53. The van der Waals surface area contributed by atoms with Crippen molar-refractivity contribution < 1.29 is 19.1 Å². The largest absolute Gasteiger partial charge is 0.465 e. The summed E-state index contributed by atoms with van der Waals surface area (Å²) in [4.78, 5) is 27.1. The number of nitrogens with zero attached hydrogens (tertiary/aromatic N) is 2. The molecular weight excluding hydrogens is 343 g/mol. The average Bonchev–Trinajstić information content (AvgIpc) is 2.90. The van der Waals surface area contributed by atoms with Crippen molar-refractivity contribution in [3.8, 4) is 0 Å². The van der Waals surface area contributed by atoms with Crippen molar-refractivity contribution in [3.05, 3.63) is 34.0 Å². The quantitative estimate of drug-likeness (QED) is 0.836. The molecule has 1 atom stereocenters. The first-order valence-electron chi connectivity index (χ1n) is 6.97. The van der Waals surface area contributed by atoms with Gasteiger partial charge in [0, 0.05) is 30.0 Å². The van der Waals surface area contributed by atoms with Crippen LogP contribution in [0.2, 0.25) is 10.0 Å². The van der Waals surface area contributed by atoms with Gasteiger partial charge in [-0.2, -0.15) is 0 Å². The number of fused-ring (bicyclic) bond motifs is 1. The molecule has 2 aromatic rings. The van der Waals surface area contributed by atoms with Crippen LogP contribution in [0.4, 0.5) is 4.79 Å². The van der Waals surface area contributed by atoms with Crippen molar-refractivity contribution >= 4 is 46.0 Å². The summed E-state index contributed by atoms with van der Waals surface area (Å²) in [5.41, 5.74) is 0.366. The lowest BCUT2D eigenvalue weighted by molar-refractivity contribution is 0.0563. The molecule has 2 heterocycles. The Labute approximate surface area is 142 Å². The third-order valence-corrected chi connectivity index (χ3v) is 4.41. The number of carbonyl (C=O) groups excluding carboxylic acids is 1. The minimum Gasteiger partial charge on any atom is -0.465 e. The van der Waals surface area contributed by atoms with Crippen LogP contribution in [0.1, 0.15) is 10.6 Å². The van der Waals surface area contributed by atoms with E-state index in [4.69, 9.17) is 27.6 Å². The Kier molecular flexibility index (Phi) is 4.23. The Hall–Kier alpha value is -1.76. The third-order valence-electron chi connectivity index (χ3n) is 3.91. The molecular formula is C15H14Cl2N2O4. The zero-order valence-electron chi connectivity index (χ0n) is 12.3. The summed E-state index contributed by atoms with van der Waals surface area (Å²) in [5, 5.41) is 10.6. The number of carbonyl (C=O) groups is 2. The summed E-state index contributed by atoms with van der Waals surface area (Å²) in [6.07, 6.45) is -1.12. The summed E-state index contributed by atoms with van der Waals surface area (Å²) in [6, 6.07) is 3.91. The van der Waals surface area contributed by atoms with Gasteiger partial charge in [0.25, 0.3) is 0 Å². The smallest absolute Gasteiger partial charge is 0.408 e. The molecule has 1 fully saturated rings. The third kappa shape index (κ3) is 3.02. The second-order valence-corrected chi connectivity index (χ2v) is 6.38. The molecule has 23 heavy (non-hydrogen) atoms.